The van der Waals surface area contributed by atoms with Crippen LogP contribution in [0.4, 0.5) is 0 Å². The predicted molar refractivity (Wildman–Crippen MR) is 85.4 cm³/mol. The van der Waals surface area contributed by atoms with Crippen LogP contribution < -0.4 is 0 Å². The Balaban J connectivity index is 2.11. The second-order valence-electron chi connectivity index (χ2n) is 5.93. The summed E-state index contributed by atoms with van der Waals surface area (Å²) in [7, 11) is -3.07. The van der Waals surface area contributed by atoms with Crippen molar-refractivity contribution in [2.45, 2.75) is 37.5 Å². The van der Waals surface area contributed by atoms with E-state index in [0.29, 0.717) is 24.1 Å². The summed E-state index contributed by atoms with van der Waals surface area (Å²) in [5.74, 6) is -0.0535. The molecule has 22 heavy (non-hydrogen) atoms. The van der Waals surface area contributed by atoms with Gasteiger partial charge >= 0.3 is 0 Å². The van der Waals surface area contributed by atoms with Crippen molar-refractivity contribution in [2.24, 2.45) is 0 Å². The van der Waals surface area contributed by atoms with Crippen LogP contribution in [0.5, 0.6) is 0 Å². The Bertz CT molecular complexity index is 608. The molecule has 1 atom stereocenters. The highest BCUT2D eigenvalue weighted by Crippen LogP contribution is 2.22. The van der Waals surface area contributed by atoms with E-state index in [0.717, 1.165) is 19.3 Å². The van der Waals surface area contributed by atoms with Crippen LogP contribution in [-0.2, 0) is 15.6 Å². The molecule has 0 spiro atoms. The van der Waals surface area contributed by atoms with Gasteiger partial charge in [-0.05, 0) is 43.4 Å². The number of hydrogen-bond acceptors (Lipinski definition) is 4. The molecule has 1 aliphatic heterocycles. The highest BCUT2D eigenvalue weighted by molar-refractivity contribution is 7.89. The van der Waals surface area contributed by atoms with Crippen molar-refractivity contribution >= 4 is 15.7 Å². The van der Waals surface area contributed by atoms with Crippen LogP contribution >= 0.6 is 0 Å². The third kappa shape index (κ3) is 4.55. The lowest BCUT2D eigenvalue weighted by Gasteiger charge is -2.35. The fourth-order valence-electron chi connectivity index (χ4n) is 2.93. The predicted octanol–water partition coefficient (Wildman–Crippen LogP) is 1.61. The van der Waals surface area contributed by atoms with Crippen molar-refractivity contribution in [1.82, 2.24) is 4.90 Å². The fourth-order valence-corrected chi connectivity index (χ4v) is 3.73. The Morgan fingerprint density at radius 2 is 1.95 bits per heavy atom. The van der Waals surface area contributed by atoms with Gasteiger partial charge in [-0.1, -0.05) is 12.1 Å². The van der Waals surface area contributed by atoms with Gasteiger partial charge in [0, 0.05) is 31.0 Å². The molecular formula is C16H23NO4S. The number of carbonyl (C=O) groups is 1. The molecule has 1 aliphatic rings. The molecule has 1 fully saturated rings. The number of hydrogen-bond donors (Lipinski definition) is 1. The lowest BCUT2D eigenvalue weighted by atomic mass is 9.98. The van der Waals surface area contributed by atoms with Gasteiger partial charge < -0.3 is 10.0 Å². The third-order valence-corrected chi connectivity index (χ3v) is 4.84. The molecule has 122 valence electrons. The molecule has 0 aliphatic carbocycles. The number of aliphatic hydroxyl groups is 1. The topological polar surface area (TPSA) is 74.7 Å². The second kappa shape index (κ2) is 7.24. The van der Waals surface area contributed by atoms with Crippen molar-refractivity contribution in [3.05, 3.63) is 35.4 Å². The van der Waals surface area contributed by atoms with Gasteiger partial charge in [-0.25, -0.2) is 8.42 Å². The SMILES string of the molecule is CS(=O)(=O)Cc1ccc(C(=O)N2CCCCC2CCO)cc1. The first kappa shape index (κ1) is 17.0. The van der Waals surface area contributed by atoms with Crippen LogP contribution in [-0.4, -0.2) is 49.8 Å². The molecule has 5 nitrogen and oxygen atoms in total. The first-order chi connectivity index (χ1) is 10.4. The van der Waals surface area contributed by atoms with Crippen LogP contribution in [0, 0.1) is 0 Å². The smallest absolute Gasteiger partial charge is 0.254 e. The number of amides is 1. The molecule has 1 aromatic rings. The molecule has 1 N–H and O–H groups in total. The Labute approximate surface area is 131 Å². The number of sulfone groups is 1. The Morgan fingerprint density at radius 3 is 2.55 bits per heavy atom. The zero-order valence-electron chi connectivity index (χ0n) is 12.9. The normalized spacial score (nSPS) is 19.2. The van der Waals surface area contributed by atoms with Crippen molar-refractivity contribution in [3.8, 4) is 0 Å². The van der Waals surface area contributed by atoms with Crippen LogP contribution in [0.15, 0.2) is 24.3 Å². The molecule has 1 heterocycles. The zero-order valence-corrected chi connectivity index (χ0v) is 13.7. The summed E-state index contributed by atoms with van der Waals surface area (Å²) in [4.78, 5) is 14.4. The molecule has 1 saturated heterocycles. The number of nitrogens with zero attached hydrogens (tertiary/aromatic N) is 1. The first-order valence-corrected chi connectivity index (χ1v) is 9.65. The largest absolute Gasteiger partial charge is 0.396 e. The van der Waals surface area contributed by atoms with Crippen molar-refractivity contribution < 1.29 is 18.3 Å². The average molecular weight is 325 g/mol. The van der Waals surface area contributed by atoms with Gasteiger partial charge in [0.1, 0.15) is 0 Å². The minimum atomic E-state index is -3.07. The van der Waals surface area contributed by atoms with E-state index in [9.17, 15) is 13.2 Å². The summed E-state index contributed by atoms with van der Waals surface area (Å²) in [5.41, 5.74) is 1.26. The zero-order chi connectivity index (χ0) is 16.2. The maximum atomic E-state index is 12.6. The molecule has 1 unspecified atom stereocenters. The molecule has 1 aromatic carbocycles. The summed E-state index contributed by atoms with van der Waals surface area (Å²) >= 11 is 0. The van der Waals surface area contributed by atoms with Crippen LogP contribution in [0.25, 0.3) is 0 Å². The van der Waals surface area contributed by atoms with E-state index in [1.807, 2.05) is 4.90 Å². The lowest BCUT2D eigenvalue weighted by Crippen LogP contribution is -2.44. The highest BCUT2D eigenvalue weighted by Gasteiger charge is 2.26. The van der Waals surface area contributed by atoms with Crippen molar-refractivity contribution in [1.29, 1.82) is 0 Å². The van der Waals surface area contributed by atoms with E-state index >= 15 is 0 Å². The van der Waals surface area contributed by atoms with E-state index in [2.05, 4.69) is 0 Å². The van der Waals surface area contributed by atoms with Crippen molar-refractivity contribution in [3.63, 3.8) is 0 Å². The number of carbonyl (C=O) groups excluding carboxylic acids is 1. The van der Waals surface area contributed by atoms with Gasteiger partial charge in [0.15, 0.2) is 9.84 Å². The molecule has 1 amide bonds. The van der Waals surface area contributed by atoms with E-state index in [1.165, 1.54) is 6.26 Å². The molecule has 6 heteroatoms. The first-order valence-electron chi connectivity index (χ1n) is 7.59. The van der Waals surface area contributed by atoms with Gasteiger partial charge in [0.2, 0.25) is 0 Å². The van der Waals surface area contributed by atoms with E-state index < -0.39 is 9.84 Å². The van der Waals surface area contributed by atoms with Gasteiger partial charge in [0.05, 0.1) is 5.75 Å². The van der Waals surface area contributed by atoms with Crippen LogP contribution in [0.3, 0.4) is 0 Å². The number of benzene rings is 1. The maximum Gasteiger partial charge on any atom is 0.254 e. The molecule has 0 aromatic heterocycles. The Morgan fingerprint density at radius 1 is 1.27 bits per heavy atom. The average Bonchev–Trinajstić information content (AvgIpc) is 2.47. The lowest BCUT2D eigenvalue weighted by molar-refractivity contribution is 0.0574. The molecular weight excluding hydrogens is 302 g/mol. The molecule has 0 saturated carbocycles. The Hall–Kier alpha value is -1.40. The summed E-state index contributed by atoms with van der Waals surface area (Å²) in [5, 5.41) is 9.14. The third-order valence-electron chi connectivity index (χ3n) is 3.98. The number of rotatable bonds is 5. The maximum absolute atomic E-state index is 12.6. The van der Waals surface area contributed by atoms with E-state index in [-0.39, 0.29) is 24.3 Å². The van der Waals surface area contributed by atoms with Crippen LogP contribution in [0.1, 0.15) is 41.6 Å². The summed E-state index contributed by atoms with van der Waals surface area (Å²) in [6.45, 7) is 0.802. The van der Waals surface area contributed by atoms with Gasteiger partial charge in [-0.2, -0.15) is 0 Å². The minimum absolute atomic E-state index is 0.0156. The van der Waals surface area contributed by atoms with E-state index in [1.54, 1.807) is 24.3 Å². The summed E-state index contributed by atoms with van der Waals surface area (Å²) < 4.78 is 22.6. The molecule has 0 bridgehead atoms. The second-order valence-corrected chi connectivity index (χ2v) is 8.07. The van der Waals surface area contributed by atoms with Crippen molar-refractivity contribution in [2.75, 3.05) is 19.4 Å². The number of aliphatic hydroxyl groups excluding tert-OH is 1. The summed E-state index contributed by atoms with van der Waals surface area (Å²) in [6.07, 6.45) is 4.80. The highest BCUT2D eigenvalue weighted by atomic mass is 32.2. The van der Waals surface area contributed by atoms with Crippen LogP contribution in [0.2, 0.25) is 0 Å². The molecule has 2 rings (SSSR count). The number of piperidine rings is 1. The Kier molecular flexibility index (Phi) is 5.58. The standard InChI is InChI=1S/C16H23NO4S/c1-22(20,21)12-13-5-7-14(8-6-13)16(19)17-10-3-2-4-15(17)9-11-18/h5-8,15,18H,2-4,9-12H2,1H3. The van der Waals surface area contributed by atoms with Gasteiger partial charge in [0.25, 0.3) is 5.91 Å². The monoisotopic (exact) mass is 325 g/mol. The van der Waals surface area contributed by atoms with Gasteiger partial charge in [-0.15, -0.1) is 0 Å². The molecule has 0 radical (unpaired) electrons. The fraction of sp³-hybridized carbons (Fsp3) is 0.562. The quantitative estimate of drug-likeness (QED) is 0.892. The number of likely N-dealkylation sites (tertiary alicyclic amines) is 1. The van der Waals surface area contributed by atoms with Gasteiger partial charge in [-0.3, -0.25) is 4.79 Å². The summed E-state index contributed by atoms with van der Waals surface area (Å²) in [6, 6.07) is 6.86. The minimum Gasteiger partial charge on any atom is -0.396 e. The van der Waals surface area contributed by atoms with E-state index in [4.69, 9.17) is 5.11 Å².